The minimum absolute atomic E-state index is 0.0473. The second-order valence-electron chi connectivity index (χ2n) is 7.32. The molecule has 1 amide bonds. The Morgan fingerprint density at radius 1 is 1.17 bits per heavy atom. The van der Waals surface area contributed by atoms with Crippen LogP contribution >= 0.6 is 0 Å². The SMILES string of the molecule is Cc1ccccc1C(=O)NC1CCN(c2nc3ccccn3c(=O)c2[N+](=O)[O-])CC1. The molecule has 1 fully saturated rings. The molecule has 0 saturated carbocycles. The van der Waals surface area contributed by atoms with Gasteiger partial charge in [-0.15, -0.1) is 0 Å². The van der Waals surface area contributed by atoms with E-state index in [0.717, 1.165) is 5.56 Å². The van der Waals surface area contributed by atoms with Gasteiger partial charge in [0, 0.05) is 30.9 Å². The number of anilines is 1. The topological polar surface area (TPSA) is 110 Å². The molecule has 4 rings (SSSR count). The standard InChI is InChI=1S/C21H21N5O4/c1-14-6-2-3-7-16(14)20(27)22-15-9-12-24(13-10-15)19-18(26(29)30)21(28)25-11-5-4-8-17(25)23-19/h2-8,11,15H,9-10,12-13H2,1H3,(H,22,27). The molecule has 9 nitrogen and oxygen atoms in total. The first kappa shape index (κ1) is 19.6. The summed E-state index contributed by atoms with van der Waals surface area (Å²) in [6.45, 7) is 2.80. The Kier molecular flexibility index (Phi) is 5.18. The van der Waals surface area contributed by atoms with Crippen LogP contribution in [0.1, 0.15) is 28.8 Å². The van der Waals surface area contributed by atoms with Crippen molar-refractivity contribution in [1.29, 1.82) is 0 Å². The largest absolute Gasteiger partial charge is 0.376 e. The number of piperidine rings is 1. The fourth-order valence-electron chi connectivity index (χ4n) is 3.77. The minimum Gasteiger partial charge on any atom is -0.350 e. The number of hydrogen-bond donors (Lipinski definition) is 1. The molecular weight excluding hydrogens is 386 g/mol. The second kappa shape index (κ2) is 7.94. The molecule has 0 unspecified atom stereocenters. The van der Waals surface area contributed by atoms with E-state index in [1.54, 1.807) is 29.2 Å². The predicted molar refractivity (Wildman–Crippen MR) is 112 cm³/mol. The first-order valence-corrected chi connectivity index (χ1v) is 9.73. The molecule has 3 heterocycles. The zero-order chi connectivity index (χ0) is 21.3. The van der Waals surface area contributed by atoms with Crippen LogP contribution in [-0.2, 0) is 0 Å². The highest BCUT2D eigenvalue weighted by atomic mass is 16.6. The number of nitrogens with one attached hydrogen (secondary N) is 1. The molecule has 0 atom stereocenters. The molecule has 9 heteroatoms. The van der Waals surface area contributed by atoms with Crippen LogP contribution in [0, 0.1) is 17.0 Å². The van der Waals surface area contributed by atoms with Crippen LogP contribution in [-0.4, -0.2) is 39.3 Å². The summed E-state index contributed by atoms with van der Waals surface area (Å²) < 4.78 is 1.18. The number of carbonyl (C=O) groups excluding carboxylic acids is 1. The molecule has 3 aromatic rings. The van der Waals surface area contributed by atoms with Crippen LogP contribution in [0.4, 0.5) is 11.5 Å². The smallest absolute Gasteiger partial charge is 0.350 e. The van der Waals surface area contributed by atoms with Crippen molar-refractivity contribution in [2.75, 3.05) is 18.0 Å². The summed E-state index contributed by atoms with van der Waals surface area (Å²) in [5.74, 6) is -0.0421. The van der Waals surface area contributed by atoms with E-state index >= 15 is 0 Å². The molecule has 1 saturated heterocycles. The fraction of sp³-hybridized carbons (Fsp3) is 0.286. The van der Waals surface area contributed by atoms with E-state index in [-0.39, 0.29) is 17.8 Å². The maximum absolute atomic E-state index is 12.6. The lowest BCUT2D eigenvalue weighted by atomic mass is 10.0. The van der Waals surface area contributed by atoms with Gasteiger partial charge in [0.15, 0.2) is 0 Å². The Morgan fingerprint density at radius 3 is 2.57 bits per heavy atom. The summed E-state index contributed by atoms with van der Waals surface area (Å²) >= 11 is 0. The molecule has 1 aliphatic heterocycles. The lowest BCUT2D eigenvalue weighted by molar-refractivity contribution is -0.385. The quantitative estimate of drug-likeness (QED) is 0.525. The zero-order valence-electron chi connectivity index (χ0n) is 16.4. The van der Waals surface area contributed by atoms with Crippen molar-refractivity contribution < 1.29 is 9.72 Å². The highest BCUT2D eigenvalue weighted by Crippen LogP contribution is 2.26. The molecule has 0 bridgehead atoms. The summed E-state index contributed by atoms with van der Waals surface area (Å²) in [7, 11) is 0. The van der Waals surface area contributed by atoms with Gasteiger partial charge >= 0.3 is 11.2 Å². The number of pyridine rings is 1. The molecule has 30 heavy (non-hydrogen) atoms. The molecule has 1 aliphatic rings. The first-order chi connectivity index (χ1) is 14.5. The third kappa shape index (κ3) is 3.61. The molecule has 1 N–H and O–H groups in total. The predicted octanol–water partition coefficient (Wildman–Crippen LogP) is 2.31. The Labute approximate surface area is 172 Å². The summed E-state index contributed by atoms with van der Waals surface area (Å²) in [5, 5.41) is 14.6. The van der Waals surface area contributed by atoms with Gasteiger partial charge in [-0.1, -0.05) is 24.3 Å². The normalized spacial score (nSPS) is 14.6. The first-order valence-electron chi connectivity index (χ1n) is 9.73. The molecular formula is C21H21N5O4. The number of hydrogen-bond acceptors (Lipinski definition) is 6. The van der Waals surface area contributed by atoms with Crippen molar-refractivity contribution in [3.63, 3.8) is 0 Å². The molecule has 1 aromatic carbocycles. The Bertz CT molecular complexity index is 1180. The van der Waals surface area contributed by atoms with Gasteiger partial charge in [0.1, 0.15) is 5.65 Å². The molecule has 0 radical (unpaired) electrons. The Morgan fingerprint density at radius 2 is 1.87 bits per heavy atom. The molecule has 154 valence electrons. The van der Waals surface area contributed by atoms with E-state index in [9.17, 15) is 19.7 Å². The van der Waals surface area contributed by atoms with E-state index in [4.69, 9.17) is 0 Å². The van der Waals surface area contributed by atoms with Crippen molar-refractivity contribution in [1.82, 2.24) is 14.7 Å². The molecule has 0 spiro atoms. The maximum Gasteiger partial charge on any atom is 0.376 e. The summed E-state index contributed by atoms with van der Waals surface area (Å²) in [6, 6.07) is 12.3. The van der Waals surface area contributed by atoms with Crippen LogP contribution in [0.3, 0.4) is 0 Å². The fourth-order valence-corrected chi connectivity index (χ4v) is 3.77. The molecule has 2 aromatic heterocycles. The van der Waals surface area contributed by atoms with Crippen LogP contribution in [0.25, 0.3) is 5.65 Å². The minimum atomic E-state index is -0.699. The maximum atomic E-state index is 12.6. The Balaban J connectivity index is 1.53. The third-order valence-electron chi connectivity index (χ3n) is 5.39. The van der Waals surface area contributed by atoms with Crippen LogP contribution in [0.15, 0.2) is 53.5 Å². The number of carbonyl (C=O) groups is 1. The van der Waals surface area contributed by atoms with Gasteiger partial charge < -0.3 is 10.2 Å². The van der Waals surface area contributed by atoms with E-state index in [1.165, 1.54) is 10.6 Å². The Hall–Kier alpha value is -3.75. The van der Waals surface area contributed by atoms with Crippen molar-refractivity contribution in [2.24, 2.45) is 0 Å². The lowest BCUT2D eigenvalue weighted by Crippen LogP contribution is -2.45. The van der Waals surface area contributed by atoms with E-state index in [2.05, 4.69) is 10.3 Å². The number of fused-ring (bicyclic) bond motifs is 1. The lowest BCUT2D eigenvalue weighted by Gasteiger charge is -2.32. The van der Waals surface area contributed by atoms with Crippen molar-refractivity contribution >= 4 is 23.1 Å². The average Bonchev–Trinajstić information content (AvgIpc) is 2.74. The number of rotatable bonds is 4. The number of nitrogens with zero attached hydrogens (tertiary/aromatic N) is 4. The van der Waals surface area contributed by atoms with Gasteiger partial charge in [-0.25, -0.2) is 4.98 Å². The van der Waals surface area contributed by atoms with Gasteiger partial charge in [0.2, 0.25) is 5.82 Å². The highest BCUT2D eigenvalue weighted by molar-refractivity contribution is 5.95. The number of amides is 1. The summed E-state index contributed by atoms with van der Waals surface area (Å²) in [5.41, 5.74) is 0.679. The van der Waals surface area contributed by atoms with Crippen molar-refractivity contribution in [3.8, 4) is 0 Å². The van der Waals surface area contributed by atoms with E-state index < -0.39 is 16.2 Å². The third-order valence-corrected chi connectivity index (χ3v) is 5.39. The average molecular weight is 407 g/mol. The van der Waals surface area contributed by atoms with E-state index in [0.29, 0.717) is 37.1 Å². The van der Waals surface area contributed by atoms with E-state index in [1.807, 2.05) is 25.1 Å². The number of nitro groups is 1. The number of benzene rings is 1. The van der Waals surface area contributed by atoms with Gasteiger partial charge in [-0.3, -0.25) is 24.1 Å². The van der Waals surface area contributed by atoms with Crippen LogP contribution < -0.4 is 15.8 Å². The summed E-state index contributed by atoms with van der Waals surface area (Å²) in [4.78, 5) is 42.2. The van der Waals surface area contributed by atoms with Crippen molar-refractivity contribution in [2.45, 2.75) is 25.8 Å². The highest BCUT2D eigenvalue weighted by Gasteiger charge is 2.30. The van der Waals surface area contributed by atoms with Crippen molar-refractivity contribution in [3.05, 3.63) is 80.3 Å². The van der Waals surface area contributed by atoms with Crippen LogP contribution in [0.2, 0.25) is 0 Å². The second-order valence-corrected chi connectivity index (χ2v) is 7.32. The number of aryl methyl sites for hydroxylation is 1. The monoisotopic (exact) mass is 407 g/mol. The van der Waals surface area contributed by atoms with Crippen LogP contribution in [0.5, 0.6) is 0 Å². The van der Waals surface area contributed by atoms with Gasteiger partial charge in [-0.2, -0.15) is 0 Å². The van der Waals surface area contributed by atoms with Gasteiger partial charge in [-0.05, 0) is 43.5 Å². The van der Waals surface area contributed by atoms with Gasteiger partial charge in [0.05, 0.1) is 4.92 Å². The zero-order valence-corrected chi connectivity index (χ0v) is 16.4. The summed E-state index contributed by atoms with van der Waals surface area (Å²) in [6.07, 6.45) is 2.67. The molecule has 0 aliphatic carbocycles. The number of aromatic nitrogens is 2. The van der Waals surface area contributed by atoms with Gasteiger partial charge in [0.25, 0.3) is 5.91 Å².